The van der Waals surface area contributed by atoms with Crippen molar-refractivity contribution in [2.24, 2.45) is 0 Å². The lowest BCUT2D eigenvalue weighted by atomic mass is 9.99. The van der Waals surface area contributed by atoms with E-state index in [2.05, 4.69) is 43.7 Å². The summed E-state index contributed by atoms with van der Waals surface area (Å²) in [6.07, 6.45) is 61.2. The highest BCUT2D eigenvalue weighted by atomic mass is 15.0. The highest BCUT2D eigenvalue weighted by Crippen LogP contribution is 2.18. The van der Waals surface area contributed by atoms with E-state index >= 15 is 0 Å². The minimum Gasteiger partial charge on any atom is -0.202 e. The molecular weight excluding hydrogens is 615 g/mol. The monoisotopic (exact) mass is 711 g/mol. The summed E-state index contributed by atoms with van der Waals surface area (Å²) in [5, 5.41) is 0. The highest BCUT2D eigenvalue weighted by Gasteiger charge is 2.15. The molecule has 1 rings (SSSR count). The van der Waals surface area contributed by atoms with Crippen LogP contribution in [-0.2, 0) is 19.4 Å². The summed E-state index contributed by atoms with van der Waals surface area (Å²) in [5.41, 5.74) is 3.37. The Bertz CT molecular complexity index is 798. The Hall–Kier alpha value is -0.850. The summed E-state index contributed by atoms with van der Waals surface area (Å²) >= 11 is 0. The Labute approximate surface area is 323 Å². The Morgan fingerprint density at radius 3 is 0.922 bits per heavy atom. The first-order valence-corrected chi connectivity index (χ1v) is 24.3. The van der Waals surface area contributed by atoms with Crippen LogP contribution in [0, 0.1) is 0 Å². The Kier molecular flexibility index (Phi) is 38.1. The number of aryl methyl sites for hydroxylation is 2. The SMILES string of the molecule is CCCCCCCCCCCCCCCCC[n+]1cccc(CCCCCCCCCCCCCC)c1CCCCCCCCCCCCCC. The lowest BCUT2D eigenvalue weighted by molar-refractivity contribution is -0.705. The van der Waals surface area contributed by atoms with Crippen LogP contribution in [0.3, 0.4) is 0 Å². The third-order valence-electron chi connectivity index (χ3n) is 11.9. The molecule has 51 heavy (non-hydrogen) atoms. The predicted octanol–water partition coefficient (Wildman–Crippen LogP) is 17.3. The van der Waals surface area contributed by atoms with Crippen LogP contribution in [0.25, 0.3) is 0 Å². The molecular formula is C50H96N+. The summed E-state index contributed by atoms with van der Waals surface area (Å²) < 4.78 is 2.69. The van der Waals surface area contributed by atoms with Gasteiger partial charge in [-0.25, -0.2) is 4.57 Å². The molecule has 0 radical (unpaired) electrons. The van der Waals surface area contributed by atoms with Crippen LogP contribution in [0.4, 0.5) is 0 Å². The largest absolute Gasteiger partial charge is 0.202 e. The van der Waals surface area contributed by atoms with Crippen LogP contribution < -0.4 is 4.57 Å². The molecule has 0 spiro atoms. The van der Waals surface area contributed by atoms with Crippen LogP contribution in [0.5, 0.6) is 0 Å². The van der Waals surface area contributed by atoms with Crippen LogP contribution in [0.2, 0.25) is 0 Å². The molecule has 0 amide bonds. The number of nitrogens with zero attached hydrogens (tertiary/aromatic N) is 1. The zero-order valence-corrected chi connectivity index (χ0v) is 35.9. The van der Waals surface area contributed by atoms with Crippen molar-refractivity contribution in [1.29, 1.82) is 0 Å². The zero-order chi connectivity index (χ0) is 36.6. The molecule has 1 aromatic rings. The van der Waals surface area contributed by atoms with Crippen molar-refractivity contribution < 1.29 is 4.57 Å². The molecule has 0 saturated heterocycles. The molecule has 300 valence electrons. The molecule has 1 nitrogen and oxygen atoms in total. The van der Waals surface area contributed by atoms with Crippen LogP contribution in [0.1, 0.15) is 282 Å². The van der Waals surface area contributed by atoms with Gasteiger partial charge in [0.05, 0.1) is 0 Å². The number of rotatable bonds is 42. The van der Waals surface area contributed by atoms with Gasteiger partial charge in [-0.2, -0.15) is 0 Å². The lowest BCUT2D eigenvalue weighted by Gasteiger charge is -2.11. The number of hydrogen-bond donors (Lipinski definition) is 0. The van der Waals surface area contributed by atoms with Crippen molar-refractivity contribution in [3.05, 3.63) is 29.6 Å². The van der Waals surface area contributed by atoms with Gasteiger partial charge in [-0.3, -0.25) is 0 Å². The molecule has 0 aliphatic heterocycles. The Morgan fingerprint density at radius 2 is 0.588 bits per heavy atom. The molecule has 1 heteroatoms. The zero-order valence-electron chi connectivity index (χ0n) is 35.9. The maximum Gasteiger partial charge on any atom is 0.184 e. The van der Waals surface area contributed by atoms with E-state index in [0.717, 1.165) is 0 Å². The third-order valence-corrected chi connectivity index (χ3v) is 11.9. The molecule has 0 unspecified atom stereocenters. The minimum absolute atomic E-state index is 1.23. The quantitative estimate of drug-likeness (QED) is 0.0470. The van der Waals surface area contributed by atoms with Crippen molar-refractivity contribution in [3.63, 3.8) is 0 Å². The second-order valence-electron chi connectivity index (χ2n) is 16.9. The molecule has 0 bridgehead atoms. The normalized spacial score (nSPS) is 11.6. The fourth-order valence-electron chi connectivity index (χ4n) is 8.32. The molecule has 0 fully saturated rings. The highest BCUT2D eigenvalue weighted by molar-refractivity contribution is 5.16. The predicted molar refractivity (Wildman–Crippen MR) is 231 cm³/mol. The molecule has 0 saturated carbocycles. The van der Waals surface area contributed by atoms with E-state index in [-0.39, 0.29) is 0 Å². The molecule has 1 heterocycles. The molecule has 0 N–H and O–H groups in total. The first kappa shape index (κ1) is 48.2. The standard InChI is InChI=1S/C50H96N/c1-4-7-10-13-16-19-22-25-26-27-30-33-36-39-42-47-51-48-43-45-49(44-40-37-34-31-28-23-20-17-14-11-8-5-2)50(51)46-41-38-35-32-29-24-21-18-15-12-9-6-3/h43,45,48H,4-42,44,46-47H2,1-3H3/q+1. The van der Waals surface area contributed by atoms with E-state index < -0.39 is 0 Å². The van der Waals surface area contributed by atoms with Gasteiger partial charge in [0.25, 0.3) is 0 Å². The molecule has 0 aliphatic carbocycles. The average molecular weight is 711 g/mol. The van der Waals surface area contributed by atoms with Crippen molar-refractivity contribution in [3.8, 4) is 0 Å². The smallest absolute Gasteiger partial charge is 0.184 e. The van der Waals surface area contributed by atoms with Crippen LogP contribution in [-0.4, -0.2) is 0 Å². The lowest BCUT2D eigenvalue weighted by Crippen LogP contribution is -2.39. The first-order valence-electron chi connectivity index (χ1n) is 24.3. The second-order valence-corrected chi connectivity index (χ2v) is 16.9. The second kappa shape index (κ2) is 40.3. The molecule has 0 aliphatic rings. The Morgan fingerprint density at radius 1 is 0.314 bits per heavy atom. The molecule has 1 aromatic heterocycles. The maximum absolute atomic E-state index is 2.69. The Balaban J connectivity index is 2.34. The van der Waals surface area contributed by atoms with Gasteiger partial charge in [0.2, 0.25) is 0 Å². The van der Waals surface area contributed by atoms with Crippen molar-refractivity contribution in [1.82, 2.24) is 0 Å². The van der Waals surface area contributed by atoms with Crippen LogP contribution in [0.15, 0.2) is 18.3 Å². The number of hydrogen-bond acceptors (Lipinski definition) is 0. The minimum atomic E-state index is 1.23. The van der Waals surface area contributed by atoms with Gasteiger partial charge in [0.15, 0.2) is 11.9 Å². The van der Waals surface area contributed by atoms with E-state index in [1.165, 1.54) is 270 Å². The molecule has 0 atom stereocenters. The van der Waals surface area contributed by atoms with Crippen molar-refractivity contribution in [2.45, 2.75) is 291 Å². The van der Waals surface area contributed by atoms with Gasteiger partial charge in [0, 0.05) is 24.5 Å². The summed E-state index contributed by atoms with van der Waals surface area (Å²) in [6.45, 7) is 8.19. The number of aromatic nitrogens is 1. The van der Waals surface area contributed by atoms with Gasteiger partial charge < -0.3 is 0 Å². The van der Waals surface area contributed by atoms with E-state index in [4.69, 9.17) is 0 Å². The number of pyridine rings is 1. The molecule has 0 aromatic carbocycles. The fourth-order valence-corrected chi connectivity index (χ4v) is 8.32. The van der Waals surface area contributed by atoms with Gasteiger partial charge in [-0.15, -0.1) is 0 Å². The topological polar surface area (TPSA) is 3.88 Å². The first-order chi connectivity index (χ1) is 25.3. The van der Waals surface area contributed by atoms with E-state index in [1.54, 1.807) is 11.3 Å². The fraction of sp³-hybridized carbons (Fsp3) is 0.900. The van der Waals surface area contributed by atoms with Crippen molar-refractivity contribution in [2.75, 3.05) is 0 Å². The van der Waals surface area contributed by atoms with Gasteiger partial charge in [-0.05, 0) is 31.7 Å². The summed E-state index contributed by atoms with van der Waals surface area (Å²) in [5.74, 6) is 0. The summed E-state index contributed by atoms with van der Waals surface area (Å²) in [6, 6.07) is 4.85. The van der Waals surface area contributed by atoms with Crippen LogP contribution >= 0.6 is 0 Å². The third kappa shape index (κ3) is 32.3. The summed E-state index contributed by atoms with van der Waals surface area (Å²) in [7, 11) is 0. The van der Waals surface area contributed by atoms with E-state index in [1.807, 2.05) is 0 Å². The van der Waals surface area contributed by atoms with E-state index in [9.17, 15) is 0 Å². The average Bonchev–Trinajstić information content (AvgIpc) is 3.14. The summed E-state index contributed by atoms with van der Waals surface area (Å²) in [4.78, 5) is 0. The van der Waals surface area contributed by atoms with Gasteiger partial charge in [0.1, 0.15) is 6.54 Å². The van der Waals surface area contributed by atoms with E-state index in [0.29, 0.717) is 0 Å². The van der Waals surface area contributed by atoms with Gasteiger partial charge >= 0.3 is 0 Å². The maximum atomic E-state index is 2.69. The van der Waals surface area contributed by atoms with Crippen molar-refractivity contribution >= 4 is 0 Å². The van der Waals surface area contributed by atoms with Gasteiger partial charge in [-0.1, -0.05) is 245 Å². The number of unbranched alkanes of at least 4 members (excludes halogenated alkanes) is 36.